The normalized spacial score (nSPS) is 9.33. The third-order valence-electron chi connectivity index (χ3n) is 1.78. The third kappa shape index (κ3) is 2.10. The second-order valence-corrected chi connectivity index (χ2v) is 2.65. The van der Waals surface area contributed by atoms with E-state index in [1.807, 2.05) is 0 Å². The van der Waals surface area contributed by atoms with Crippen LogP contribution in [0, 0.1) is 0 Å². The zero-order valence-electron chi connectivity index (χ0n) is 7.54. The highest BCUT2D eigenvalue weighted by Gasteiger charge is 2.11. The van der Waals surface area contributed by atoms with Crippen molar-refractivity contribution in [2.45, 2.75) is 0 Å². The first-order chi connectivity index (χ1) is 6.79. The third-order valence-corrected chi connectivity index (χ3v) is 1.78. The Balaban J connectivity index is 0.00000112. The van der Waals surface area contributed by atoms with Gasteiger partial charge in [0.2, 0.25) is 11.7 Å². The number of nitrogens with two attached hydrogens (primary N) is 1. The van der Waals surface area contributed by atoms with E-state index in [4.69, 9.17) is 5.73 Å². The summed E-state index contributed by atoms with van der Waals surface area (Å²) in [4.78, 5) is 11.1. The summed E-state index contributed by atoms with van der Waals surface area (Å²) in [5.41, 5.74) is 6.16. The Morgan fingerprint density at radius 1 is 1.33 bits per heavy atom. The van der Waals surface area contributed by atoms with Crippen LogP contribution in [-0.4, -0.2) is 26.5 Å². The fourth-order valence-electron chi connectivity index (χ4n) is 1.17. The van der Waals surface area contributed by atoms with E-state index in [9.17, 15) is 4.79 Å². The van der Waals surface area contributed by atoms with Gasteiger partial charge in [-0.1, -0.05) is 18.2 Å². The Morgan fingerprint density at radius 3 is 2.67 bits per heavy atom. The number of benzene rings is 1. The first kappa shape index (κ1) is 11.1. The maximum Gasteiger partial charge on any atom is 0.249 e. The molecule has 0 fully saturated rings. The van der Waals surface area contributed by atoms with Crippen molar-refractivity contribution >= 4 is 18.3 Å². The van der Waals surface area contributed by atoms with E-state index in [-0.39, 0.29) is 12.4 Å². The van der Waals surface area contributed by atoms with Crippen LogP contribution in [0.3, 0.4) is 0 Å². The molecule has 1 aromatic heterocycles. The van der Waals surface area contributed by atoms with Crippen LogP contribution in [0.4, 0.5) is 0 Å². The summed E-state index contributed by atoms with van der Waals surface area (Å²) in [5.74, 6) is -0.148. The van der Waals surface area contributed by atoms with Crippen LogP contribution in [0.5, 0.6) is 0 Å². The molecule has 1 amide bonds. The SMILES string of the molecule is Cl.NC(=O)c1ccccc1-c1nn[nH]n1. The van der Waals surface area contributed by atoms with Gasteiger partial charge < -0.3 is 5.73 Å². The Morgan fingerprint density at radius 2 is 2.07 bits per heavy atom. The maximum absolute atomic E-state index is 11.1. The van der Waals surface area contributed by atoms with Gasteiger partial charge in [-0.25, -0.2) is 0 Å². The Labute approximate surface area is 91.3 Å². The number of hydrogen-bond acceptors (Lipinski definition) is 4. The minimum Gasteiger partial charge on any atom is -0.366 e. The zero-order valence-corrected chi connectivity index (χ0v) is 8.36. The van der Waals surface area contributed by atoms with Crippen LogP contribution in [-0.2, 0) is 0 Å². The van der Waals surface area contributed by atoms with Crippen molar-refractivity contribution in [3.63, 3.8) is 0 Å². The number of hydrogen-bond donors (Lipinski definition) is 2. The summed E-state index contributed by atoms with van der Waals surface area (Å²) < 4.78 is 0. The molecule has 2 rings (SSSR count). The van der Waals surface area contributed by atoms with Crippen LogP contribution in [0.15, 0.2) is 24.3 Å². The number of tetrazole rings is 1. The van der Waals surface area contributed by atoms with Gasteiger partial charge in [0, 0.05) is 5.56 Å². The van der Waals surface area contributed by atoms with Crippen LogP contribution in [0.2, 0.25) is 0 Å². The molecule has 1 heterocycles. The quantitative estimate of drug-likeness (QED) is 0.772. The Hall–Kier alpha value is -1.95. The fourth-order valence-corrected chi connectivity index (χ4v) is 1.17. The number of carbonyl (C=O) groups excluding carboxylic acids is 1. The summed E-state index contributed by atoms with van der Waals surface area (Å²) >= 11 is 0. The predicted molar refractivity (Wildman–Crippen MR) is 55.4 cm³/mol. The predicted octanol–water partition coefficient (Wildman–Crippen LogP) is 0.387. The largest absolute Gasteiger partial charge is 0.366 e. The molecular formula is C8H8ClN5O. The average molecular weight is 226 g/mol. The molecule has 7 heteroatoms. The average Bonchev–Trinajstić information content (AvgIpc) is 2.70. The summed E-state index contributed by atoms with van der Waals surface area (Å²) in [7, 11) is 0. The molecule has 0 spiro atoms. The number of primary amides is 1. The van der Waals surface area contributed by atoms with E-state index in [2.05, 4.69) is 20.6 Å². The van der Waals surface area contributed by atoms with Crippen molar-refractivity contribution in [1.29, 1.82) is 0 Å². The number of amides is 1. The van der Waals surface area contributed by atoms with Gasteiger partial charge in [0.05, 0.1) is 5.56 Å². The molecule has 1 aromatic carbocycles. The summed E-state index contributed by atoms with van der Waals surface area (Å²) in [5, 5.41) is 13.3. The molecular weight excluding hydrogens is 218 g/mol. The lowest BCUT2D eigenvalue weighted by Crippen LogP contribution is -2.12. The topological polar surface area (TPSA) is 97.5 Å². The maximum atomic E-state index is 11.1. The first-order valence-corrected chi connectivity index (χ1v) is 3.91. The van der Waals surface area contributed by atoms with Crippen LogP contribution in [0.1, 0.15) is 10.4 Å². The highest BCUT2D eigenvalue weighted by Crippen LogP contribution is 2.17. The number of nitrogens with one attached hydrogen (secondary N) is 1. The molecule has 0 aliphatic rings. The van der Waals surface area contributed by atoms with Crippen molar-refractivity contribution in [2.24, 2.45) is 5.73 Å². The number of halogens is 1. The summed E-state index contributed by atoms with van der Waals surface area (Å²) in [6.45, 7) is 0. The van der Waals surface area contributed by atoms with Crippen molar-refractivity contribution in [2.75, 3.05) is 0 Å². The highest BCUT2D eigenvalue weighted by molar-refractivity contribution is 5.98. The molecule has 0 radical (unpaired) electrons. The molecule has 6 nitrogen and oxygen atoms in total. The van der Waals surface area contributed by atoms with Crippen molar-refractivity contribution in [3.05, 3.63) is 29.8 Å². The molecule has 0 saturated heterocycles. The molecule has 0 aliphatic heterocycles. The van der Waals surface area contributed by atoms with Crippen LogP contribution in [0.25, 0.3) is 11.4 Å². The highest BCUT2D eigenvalue weighted by atomic mass is 35.5. The number of nitrogens with zero attached hydrogens (tertiary/aromatic N) is 3. The van der Waals surface area contributed by atoms with Crippen LogP contribution < -0.4 is 5.73 Å². The van der Waals surface area contributed by atoms with E-state index in [1.165, 1.54) is 0 Å². The van der Waals surface area contributed by atoms with Gasteiger partial charge in [0.1, 0.15) is 0 Å². The van der Waals surface area contributed by atoms with E-state index in [1.54, 1.807) is 24.3 Å². The minimum absolute atomic E-state index is 0. The first-order valence-electron chi connectivity index (χ1n) is 3.91. The van der Waals surface area contributed by atoms with Gasteiger partial charge in [0.25, 0.3) is 0 Å². The van der Waals surface area contributed by atoms with E-state index in [0.717, 1.165) is 0 Å². The van der Waals surface area contributed by atoms with E-state index in [0.29, 0.717) is 17.0 Å². The van der Waals surface area contributed by atoms with Crippen molar-refractivity contribution in [1.82, 2.24) is 20.6 Å². The number of carbonyl (C=O) groups is 1. The van der Waals surface area contributed by atoms with Gasteiger partial charge in [0.15, 0.2) is 0 Å². The summed E-state index contributed by atoms with van der Waals surface area (Å²) in [6, 6.07) is 6.83. The Bertz CT molecular complexity index is 456. The lowest BCUT2D eigenvalue weighted by Gasteiger charge is -2.00. The molecule has 0 atom stereocenters. The fraction of sp³-hybridized carbons (Fsp3) is 0. The van der Waals surface area contributed by atoms with Gasteiger partial charge in [-0.15, -0.1) is 22.6 Å². The molecule has 0 aliphatic carbocycles. The lowest BCUT2D eigenvalue weighted by atomic mass is 10.1. The zero-order chi connectivity index (χ0) is 9.97. The second-order valence-electron chi connectivity index (χ2n) is 2.65. The van der Waals surface area contributed by atoms with Gasteiger partial charge in [-0.05, 0) is 11.3 Å². The van der Waals surface area contributed by atoms with Gasteiger partial charge in [-0.3, -0.25) is 4.79 Å². The monoisotopic (exact) mass is 225 g/mol. The molecule has 0 bridgehead atoms. The minimum atomic E-state index is -0.509. The van der Waals surface area contributed by atoms with Crippen molar-refractivity contribution in [3.8, 4) is 11.4 Å². The standard InChI is InChI=1S/C8H7N5O.ClH/c9-7(14)5-3-1-2-4-6(5)8-10-12-13-11-8;/h1-4H,(H2,9,14)(H,10,11,12,13);1H. The van der Waals surface area contributed by atoms with E-state index >= 15 is 0 Å². The molecule has 15 heavy (non-hydrogen) atoms. The molecule has 3 N–H and O–H groups in total. The molecule has 0 saturated carbocycles. The molecule has 78 valence electrons. The second kappa shape index (κ2) is 4.52. The smallest absolute Gasteiger partial charge is 0.249 e. The number of aromatic amines is 1. The van der Waals surface area contributed by atoms with Crippen molar-refractivity contribution < 1.29 is 4.79 Å². The summed E-state index contributed by atoms with van der Waals surface area (Å²) in [6.07, 6.45) is 0. The number of rotatable bonds is 2. The lowest BCUT2D eigenvalue weighted by molar-refractivity contribution is 0.100. The number of H-pyrrole nitrogens is 1. The van der Waals surface area contributed by atoms with Crippen LogP contribution >= 0.6 is 12.4 Å². The molecule has 0 unspecified atom stereocenters. The molecule has 2 aromatic rings. The Kier molecular flexibility index (Phi) is 3.35. The van der Waals surface area contributed by atoms with Gasteiger partial charge >= 0.3 is 0 Å². The number of aromatic nitrogens is 4. The van der Waals surface area contributed by atoms with Gasteiger partial charge in [-0.2, -0.15) is 5.21 Å². The van der Waals surface area contributed by atoms with E-state index < -0.39 is 5.91 Å².